The number of fused-ring (bicyclic) bond motifs is 2. The molecule has 7 heteroatoms. The highest BCUT2D eigenvalue weighted by Crippen LogP contribution is 2.62. The number of anilines is 1. The zero-order chi connectivity index (χ0) is 24.1. The van der Waals surface area contributed by atoms with E-state index in [0.717, 1.165) is 35.8 Å². The lowest BCUT2D eigenvalue weighted by Gasteiger charge is -2.54. The molecule has 0 radical (unpaired) electrons. The summed E-state index contributed by atoms with van der Waals surface area (Å²) >= 11 is 3.65. The predicted molar refractivity (Wildman–Crippen MR) is 139 cm³/mol. The number of amides is 1. The highest BCUT2D eigenvalue weighted by atomic mass is 79.9. The Labute approximate surface area is 216 Å². The van der Waals surface area contributed by atoms with Crippen LogP contribution in [0.1, 0.15) is 73.7 Å². The third kappa shape index (κ3) is 3.41. The van der Waals surface area contributed by atoms with Crippen LogP contribution in [0.3, 0.4) is 0 Å². The zero-order valence-corrected chi connectivity index (χ0v) is 22.3. The molecule has 0 N–H and O–H groups in total. The smallest absolute Gasteiger partial charge is 0.258 e. The number of nitrogens with zero attached hydrogens (tertiary/aromatic N) is 2. The molecule has 3 spiro atoms. The molecule has 2 aromatic rings. The summed E-state index contributed by atoms with van der Waals surface area (Å²) in [6.45, 7) is 1.91. The second-order valence-electron chi connectivity index (χ2n) is 12.0. The molecule has 3 saturated carbocycles. The van der Waals surface area contributed by atoms with Crippen LogP contribution >= 0.6 is 15.9 Å². The minimum Gasteiger partial charge on any atom is -0.307 e. The van der Waals surface area contributed by atoms with Gasteiger partial charge in [0.25, 0.3) is 5.91 Å². The van der Waals surface area contributed by atoms with E-state index in [2.05, 4.69) is 22.0 Å². The minimum absolute atomic E-state index is 0.00102. The molecule has 0 atom stereocenters. The quantitative estimate of drug-likeness (QED) is 0.476. The molecule has 5 aliphatic rings. The van der Waals surface area contributed by atoms with Gasteiger partial charge in [0.15, 0.2) is 0 Å². The molecule has 7 rings (SSSR count). The van der Waals surface area contributed by atoms with Gasteiger partial charge < -0.3 is 4.90 Å². The van der Waals surface area contributed by atoms with Gasteiger partial charge in [-0.05, 0) is 104 Å². The van der Waals surface area contributed by atoms with Crippen molar-refractivity contribution in [3.8, 4) is 0 Å². The average Bonchev–Trinajstić information content (AvgIpc) is 3.49. The van der Waals surface area contributed by atoms with Gasteiger partial charge in [-0.1, -0.05) is 28.4 Å². The van der Waals surface area contributed by atoms with Gasteiger partial charge in [0.05, 0.1) is 4.90 Å². The second kappa shape index (κ2) is 7.42. The number of hydrogen-bond acceptors (Lipinski definition) is 3. The van der Waals surface area contributed by atoms with Crippen molar-refractivity contribution < 1.29 is 13.2 Å². The number of sulfonamides is 1. The van der Waals surface area contributed by atoms with Crippen LogP contribution in [0.4, 0.5) is 5.69 Å². The third-order valence-electron chi connectivity index (χ3n) is 9.91. The molecule has 0 aromatic heterocycles. The second-order valence-corrected chi connectivity index (χ2v) is 14.8. The fourth-order valence-electron chi connectivity index (χ4n) is 7.15. The molecule has 1 saturated heterocycles. The molecule has 184 valence electrons. The van der Waals surface area contributed by atoms with E-state index >= 15 is 0 Å². The Hall–Kier alpha value is -1.70. The van der Waals surface area contributed by atoms with Crippen LogP contribution in [-0.4, -0.2) is 38.3 Å². The number of benzene rings is 2. The van der Waals surface area contributed by atoms with Crippen LogP contribution in [0.15, 0.2) is 51.8 Å². The summed E-state index contributed by atoms with van der Waals surface area (Å²) < 4.78 is 29.2. The first-order valence-corrected chi connectivity index (χ1v) is 15.2. The van der Waals surface area contributed by atoms with E-state index in [1.54, 1.807) is 28.6 Å². The summed E-state index contributed by atoms with van der Waals surface area (Å²) in [6, 6.07) is 12.9. The molecular formula is C28H31BrN2O3S. The number of rotatable bonds is 3. The Morgan fingerprint density at radius 3 is 2.20 bits per heavy atom. The van der Waals surface area contributed by atoms with Gasteiger partial charge in [-0.2, -0.15) is 4.31 Å². The zero-order valence-electron chi connectivity index (χ0n) is 19.9. The maximum atomic E-state index is 13.9. The van der Waals surface area contributed by atoms with Crippen LogP contribution in [0.25, 0.3) is 0 Å². The van der Waals surface area contributed by atoms with Gasteiger partial charge in [0, 0.05) is 40.8 Å². The highest BCUT2D eigenvalue weighted by Gasteiger charge is 2.54. The van der Waals surface area contributed by atoms with Crippen molar-refractivity contribution in [2.24, 2.45) is 10.8 Å². The van der Waals surface area contributed by atoms with Crippen molar-refractivity contribution in [2.45, 2.75) is 68.1 Å². The molecule has 1 amide bonds. The van der Waals surface area contributed by atoms with E-state index in [1.807, 2.05) is 17.0 Å². The van der Waals surface area contributed by atoms with E-state index in [9.17, 15) is 13.2 Å². The minimum atomic E-state index is -3.57. The lowest BCUT2D eigenvalue weighted by Crippen LogP contribution is -2.61. The van der Waals surface area contributed by atoms with Crippen molar-refractivity contribution in [1.82, 2.24) is 4.31 Å². The molecule has 0 bridgehead atoms. The molecule has 0 unspecified atom stereocenters. The van der Waals surface area contributed by atoms with E-state index in [0.29, 0.717) is 30.6 Å². The molecular weight excluding hydrogens is 524 g/mol. The predicted octanol–water partition coefficient (Wildman–Crippen LogP) is 5.88. The Bertz CT molecular complexity index is 1330. The largest absolute Gasteiger partial charge is 0.307 e. The van der Waals surface area contributed by atoms with E-state index in [-0.39, 0.29) is 21.6 Å². The highest BCUT2D eigenvalue weighted by molar-refractivity contribution is 9.10. The number of halogens is 1. The third-order valence-corrected chi connectivity index (χ3v) is 12.2. The first-order valence-electron chi connectivity index (χ1n) is 13.0. The van der Waals surface area contributed by atoms with E-state index in [4.69, 9.17) is 0 Å². The van der Waals surface area contributed by atoms with Crippen molar-refractivity contribution in [2.75, 3.05) is 24.5 Å². The molecule has 5 nitrogen and oxygen atoms in total. The average molecular weight is 556 g/mol. The first kappa shape index (κ1) is 22.5. The van der Waals surface area contributed by atoms with Crippen LogP contribution in [-0.2, 0) is 15.4 Å². The molecule has 35 heavy (non-hydrogen) atoms. The van der Waals surface area contributed by atoms with Gasteiger partial charge in [-0.25, -0.2) is 8.42 Å². The van der Waals surface area contributed by atoms with Gasteiger partial charge in [-0.15, -0.1) is 0 Å². The molecule has 2 aliphatic heterocycles. The Morgan fingerprint density at radius 1 is 0.829 bits per heavy atom. The number of carbonyl (C=O) groups is 1. The fourth-order valence-corrected chi connectivity index (χ4v) is 9.22. The van der Waals surface area contributed by atoms with Gasteiger partial charge in [0.2, 0.25) is 10.0 Å². The summed E-state index contributed by atoms with van der Waals surface area (Å²) in [7, 11) is -3.57. The van der Waals surface area contributed by atoms with Gasteiger partial charge in [0.1, 0.15) is 0 Å². The molecule has 2 aromatic carbocycles. The van der Waals surface area contributed by atoms with E-state index in [1.165, 1.54) is 37.7 Å². The molecule has 2 heterocycles. The summed E-state index contributed by atoms with van der Waals surface area (Å²) in [4.78, 5) is 16.0. The van der Waals surface area contributed by atoms with Crippen molar-refractivity contribution >= 4 is 37.5 Å². The van der Waals surface area contributed by atoms with Gasteiger partial charge in [-0.3, -0.25) is 4.79 Å². The van der Waals surface area contributed by atoms with Crippen LogP contribution < -0.4 is 4.90 Å². The topological polar surface area (TPSA) is 57.7 Å². The van der Waals surface area contributed by atoms with Crippen LogP contribution in [0, 0.1) is 10.8 Å². The summed E-state index contributed by atoms with van der Waals surface area (Å²) in [6.07, 6.45) is 10.9. The number of hydrogen-bond donors (Lipinski definition) is 0. The van der Waals surface area contributed by atoms with Crippen LogP contribution in [0.5, 0.6) is 0 Å². The lowest BCUT2D eigenvalue weighted by atomic mass is 9.65. The van der Waals surface area contributed by atoms with Gasteiger partial charge >= 0.3 is 0 Å². The van der Waals surface area contributed by atoms with Crippen molar-refractivity contribution in [1.29, 1.82) is 0 Å². The Morgan fingerprint density at radius 2 is 1.54 bits per heavy atom. The number of carbonyl (C=O) groups excluding carboxylic acids is 1. The molecule has 4 fully saturated rings. The fraction of sp³-hybridized carbons (Fsp3) is 0.536. The standard InChI is InChI=1S/C28H31BrN2O3S/c29-21-5-6-24-23(16-21)28(13-11-26(9-10-26)12-14-28)19-31(24)25(32)20-3-1-4-22(15-20)35(33,34)30-17-27(18-30)7-2-8-27/h1,3-6,15-16H,2,7-14,17-19H2. The summed E-state index contributed by atoms with van der Waals surface area (Å²) in [5, 5.41) is 0. The van der Waals surface area contributed by atoms with Crippen LogP contribution in [0.2, 0.25) is 0 Å². The maximum absolute atomic E-state index is 13.9. The first-order chi connectivity index (χ1) is 16.7. The monoisotopic (exact) mass is 554 g/mol. The van der Waals surface area contributed by atoms with Crippen molar-refractivity contribution in [3.05, 3.63) is 58.1 Å². The summed E-state index contributed by atoms with van der Waals surface area (Å²) in [5.41, 5.74) is 3.50. The Balaban J connectivity index is 1.18. The SMILES string of the molecule is O=C(c1cccc(S(=O)(=O)N2CC3(CCC3)C2)c1)N1CC2(CCC3(CC3)CC2)c2cc(Br)ccc21. The normalized spacial score (nSPS) is 25.3. The lowest BCUT2D eigenvalue weighted by molar-refractivity contribution is -0.00794. The van der Waals surface area contributed by atoms with E-state index < -0.39 is 10.0 Å². The molecule has 3 aliphatic carbocycles. The Kier molecular flexibility index (Phi) is 4.77. The van der Waals surface area contributed by atoms with Crippen molar-refractivity contribution in [3.63, 3.8) is 0 Å². The maximum Gasteiger partial charge on any atom is 0.258 e. The summed E-state index contributed by atoms with van der Waals surface area (Å²) in [5.74, 6) is -0.103.